The number of hydrogen-bond acceptors (Lipinski definition) is 5. The molecular formula is C17H15N5S. The highest BCUT2D eigenvalue weighted by atomic mass is 32.1. The van der Waals surface area contributed by atoms with Crippen molar-refractivity contribution in [3.63, 3.8) is 0 Å². The lowest BCUT2D eigenvalue weighted by atomic mass is 10.2. The number of rotatable bonds is 4. The van der Waals surface area contributed by atoms with Crippen molar-refractivity contribution in [1.82, 2.24) is 19.7 Å². The molecule has 0 amide bonds. The first-order valence-corrected chi connectivity index (χ1v) is 7.50. The Morgan fingerprint density at radius 3 is 2.78 bits per heavy atom. The normalized spacial score (nSPS) is 11.6. The topological polar surface area (TPSA) is 56.0 Å². The van der Waals surface area contributed by atoms with E-state index in [-0.39, 0.29) is 0 Å². The number of aromatic nitrogens is 4. The summed E-state index contributed by atoms with van der Waals surface area (Å²) in [4.78, 5) is 13.0. The molecule has 5 nitrogen and oxygen atoms in total. The molecule has 3 aromatic rings. The lowest BCUT2D eigenvalue weighted by Crippen LogP contribution is -2.14. The summed E-state index contributed by atoms with van der Waals surface area (Å²) >= 11 is 5.57. The van der Waals surface area contributed by atoms with Gasteiger partial charge in [-0.2, -0.15) is 5.10 Å². The molecule has 0 aromatic carbocycles. The van der Waals surface area contributed by atoms with Gasteiger partial charge in [0.2, 0.25) is 0 Å². The van der Waals surface area contributed by atoms with Crippen LogP contribution in [-0.2, 0) is 6.54 Å². The molecule has 0 bridgehead atoms. The van der Waals surface area contributed by atoms with E-state index in [1.807, 2.05) is 30.3 Å². The van der Waals surface area contributed by atoms with E-state index in [0.29, 0.717) is 16.9 Å². The average molecular weight is 321 g/mol. The third kappa shape index (κ3) is 2.93. The second-order valence-electron chi connectivity index (χ2n) is 4.85. The van der Waals surface area contributed by atoms with Crippen molar-refractivity contribution in [2.45, 2.75) is 6.54 Å². The summed E-state index contributed by atoms with van der Waals surface area (Å²) < 4.78 is 2.36. The van der Waals surface area contributed by atoms with Crippen LogP contribution in [-0.4, -0.2) is 32.5 Å². The molecule has 0 unspecified atom stereocenters. The predicted molar refractivity (Wildman–Crippen MR) is 95.1 cm³/mol. The molecule has 3 rings (SSSR count). The Bertz CT molecular complexity index is 944. The second-order valence-corrected chi connectivity index (χ2v) is 5.23. The van der Waals surface area contributed by atoms with Crippen molar-refractivity contribution in [2.75, 3.05) is 7.05 Å². The van der Waals surface area contributed by atoms with Crippen LogP contribution >= 0.6 is 12.2 Å². The van der Waals surface area contributed by atoms with Crippen molar-refractivity contribution in [3.05, 3.63) is 60.0 Å². The molecule has 6 heteroatoms. The number of nitrogens with zero attached hydrogens (tertiary/aromatic N) is 5. The molecule has 3 aromatic heterocycles. The standard InChI is InChI=1S/C17H15N5S/c1-3-12(18-2)11-22-17(23)13-7-6-10-20-15(13)16(21-22)14-8-4-5-9-19-14/h3-10H,1,11H2,2H3. The van der Waals surface area contributed by atoms with Crippen molar-refractivity contribution >= 4 is 28.8 Å². The number of hydrogen-bond donors (Lipinski definition) is 0. The summed E-state index contributed by atoms with van der Waals surface area (Å²) in [5.41, 5.74) is 3.02. The van der Waals surface area contributed by atoms with Crippen LogP contribution in [0.4, 0.5) is 0 Å². The highest BCUT2D eigenvalue weighted by Crippen LogP contribution is 2.23. The Hall–Kier alpha value is -2.73. The fraction of sp³-hybridized carbons (Fsp3) is 0.118. The zero-order valence-corrected chi connectivity index (χ0v) is 13.5. The monoisotopic (exact) mass is 321 g/mol. The molecule has 0 radical (unpaired) electrons. The lowest BCUT2D eigenvalue weighted by Gasteiger charge is -2.11. The first kappa shape index (κ1) is 15.2. The largest absolute Gasteiger partial charge is 0.291 e. The zero-order valence-electron chi connectivity index (χ0n) is 12.7. The van der Waals surface area contributed by atoms with E-state index in [0.717, 1.165) is 22.3 Å². The quantitative estimate of drug-likeness (QED) is 0.545. The minimum Gasteiger partial charge on any atom is -0.291 e. The number of pyridine rings is 2. The lowest BCUT2D eigenvalue weighted by molar-refractivity contribution is 0.699. The second kappa shape index (κ2) is 6.58. The molecule has 0 saturated carbocycles. The van der Waals surface area contributed by atoms with Gasteiger partial charge in [0.1, 0.15) is 15.9 Å². The Labute approximate surface area is 139 Å². The van der Waals surface area contributed by atoms with Crippen LogP contribution in [0, 0.1) is 4.64 Å². The van der Waals surface area contributed by atoms with Gasteiger partial charge in [0.05, 0.1) is 18.0 Å². The van der Waals surface area contributed by atoms with Crippen molar-refractivity contribution in [2.24, 2.45) is 4.99 Å². The third-order valence-corrected chi connectivity index (χ3v) is 3.89. The summed E-state index contributed by atoms with van der Waals surface area (Å²) in [6.45, 7) is 4.23. The Morgan fingerprint density at radius 1 is 1.26 bits per heavy atom. The minimum atomic E-state index is 0.462. The maximum atomic E-state index is 5.57. The Kier molecular flexibility index (Phi) is 4.34. The van der Waals surface area contributed by atoms with Gasteiger partial charge in [-0.05, 0) is 30.3 Å². The molecule has 0 spiro atoms. The molecule has 0 saturated heterocycles. The maximum Gasteiger partial charge on any atom is 0.136 e. The molecule has 0 aliphatic heterocycles. The molecule has 0 fully saturated rings. The van der Waals surface area contributed by atoms with Crippen LogP contribution < -0.4 is 0 Å². The molecule has 3 heterocycles. The molecular weight excluding hydrogens is 306 g/mol. The van der Waals surface area contributed by atoms with E-state index in [1.165, 1.54) is 0 Å². The van der Waals surface area contributed by atoms with Gasteiger partial charge in [-0.1, -0.05) is 24.9 Å². The van der Waals surface area contributed by atoms with E-state index >= 15 is 0 Å². The zero-order chi connectivity index (χ0) is 16.2. The number of aliphatic imine (C=N–C) groups is 1. The SMILES string of the molecule is C=CC(Cn1nc(-c2ccccn2)c2ncccc2c1=S)=NC. The van der Waals surface area contributed by atoms with Crippen LogP contribution in [0.15, 0.2) is 60.4 Å². The van der Waals surface area contributed by atoms with Gasteiger partial charge in [0, 0.05) is 24.8 Å². The highest BCUT2D eigenvalue weighted by molar-refractivity contribution is 7.71. The van der Waals surface area contributed by atoms with Crippen LogP contribution in [0.2, 0.25) is 0 Å². The first-order valence-electron chi connectivity index (χ1n) is 7.10. The highest BCUT2D eigenvalue weighted by Gasteiger charge is 2.12. The Balaban J connectivity index is 2.29. The van der Waals surface area contributed by atoms with Gasteiger partial charge in [-0.15, -0.1) is 0 Å². The van der Waals surface area contributed by atoms with E-state index in [1.54, 1.807) is 30.2 Å². The van der Waals surface area contributed by atoms with Gasteiger partial charge < -0.3 is 0 Å². The van der Waals surface area contributed by atoms with Crippen LogP contribution in [0.3, 0.4) is 0 Å². The molecule has 114 valence electrons. The van der Waals surface area contributed by atoms with Gasteiger partial charge in [-0.25, -0.2) is 4.68 Å². The van der Waals surface area contributed by atoms with E-state index in [4.69, 9.17) is 12.2 Å². The van der Waals surface area contributed by atoms with Crippen molar-refractivity contribution < 1.29 is 0 Å². The fourth-order valence-electron chi connectivity index (χ4n) is 2.28. The van der Waals surface area contributed by atoms with Gasteiger partial charge in [0.25, 0.3) is 0 Å². The minimum absolute atomic E-state index is 0.462. The third-order valence-electron chi connectivity index (χ3n) is 3.46. The molecule has 0 N–H and O–H groups in total. The molecule has 0 aliphatic rings. The van der Waals surface area contributed by atoms with Crippen LogP contribution in [0.1, 0.15) is 0 Å². The van der Waals surface area contributed by atoms with Gasteiger partial charge >= 0.3 is 0 Å². The summed E-state index contributed by atoms with van der Waals surface area (Å²) in [5.74, 6) is 0. The number of fused-ring (bicyclic) bond motifs is 1. The molecule has 0 aliphatic carbocycles. The van der Waals surface area contributed by atoms with Crippen molar-refractivity contribution in [1.29, 1.82) is 0 Å². The molecule has 0 atom stereocenters. The summed E-state index contributed by atoms with van der Waals surface area (Å²) in [7, 11) is 1.73. The average Bonchev–Trinajstić information content (AvgIpc) is 2.62. The summed E-state index contributed by atoms with van der Waals surface area (Å²) in [6.07, 6.45) is 5.18. The van der Waals surface area contributed by atoms with E-state index in [9.17, 15) is 0 Å². The van der Waals surface area contributed by atoms with Crippen molar-refractivity contribution in [3.8, 4) is 11.4 Å². The maximum absolute atomic E-state index is 5.57. The smallest absolute Gasteiger partial charge is 0.136 e. The van der Waals surface area contributed by atoms with Crippen LogP contribution in [0.25, 0.3) is 22.3 Å². The Morgan fingerprint density at radius 2 is 2.09 bits per heavy atom. The first-order chi connectivity index (χ1) is 11.2. The number of allylic oxidation sites excluding steroid dienone is 1. The van der Waals surface area contributed by atoms with Crippen LogP contribution in [0.5, 0.6) is 0 Å². The van der Waals surface area contributed by atoms with Gasteiger partial charge in [0.15, 0.2) is 0 Å². The summed E-state index contributed by atoms with van der Waals surface area (Å²) in [5, 5.41) is 5.54. The fourth-order valence-corrected chi connectivity index (χ4v) is 2.55. The van der Waals surface area contributed by atoms with Gasteiger partial charge in [-0.3, -0.25) is 15.0 Å². The predicted octanol–water partition coefficient (Wildman–Crippen LogP) is 3.48. The summed E-state index contributed by atoms with van der Waals surface area (Å²) in [6, 6.07) is 9.52. The van der Waals surface area contributed by atoms with E-state index in [2.05, 4.69) is 26.6 Å². The molecule has 23 heavy (non-hydrogen) atoms. The van der Waals surface area contributed by atoms with E-state index < -0.39 is 0 Å².